The van der Waals surface area contributed by atoms with Gasteiger partial charge in [0.2, 0.25) is 0 Å². The topological polar surface area (TPSA) is 71.4 Å². The number of hydrogen-bond donors (Lipinski definition) is 2. The van der Waals surface area contributed by atoms with Crippen molar-refractivity contribution in [2.24, 2.45) is 5.92 Å². The van der Waals surface area contributed by atoms with E-state index in [9.17, 15) is 4.79 Å². The maximum absolute atomic E-state index is 12.2. The number of hydrogen-bond acceptors (Lipinski definition) is 4. The number of benzene rings is 1. The van der Waals surface area contributed by atoms with E-state index in [1.165, 1.54) is 5.56 Å². The third-order valence-corrected chi connectivity index (χ3v) is 4.72. The van der Waals surface area contributed by atoms with Gasteiger partial charge in [0.15, 0.2) is 0 Å². The Balaban J connectivity index is 1.43. The fourth-order valence-electron chi connectivity index (χ4n) is 3.18. The molecule has 0 spiro atoms. The SMILES string of the molecule is CC(CNC(=O)NCc1ccccc1CN1CCOCC1)Cn1cccn1. The summed E-state index contributed by atoms with van der Waals surface area (Å²) in [7, 11) is 0. The van der Waals surface area contributed by atoms with E-state index in [0.717, 1.165) is 45.0 Å². The normalized spacial score (nSPS) is 16.0. The predicted molar refractivity (Wildman–Crippen MR) is 104 cm³/mol. The first-order valence-electron chi connectivity index (χ1n) is 9.56. The minimum atomic E-state index is -0.136. The summed E-state index contributed by atoms with van der Waals surface area (Å²) in [5.41, 5.74) is 2.41. The van der Waals surface area contributed by atoms with Gasteiger partial charge < -0.3 is 15.4 Å². The van der Waals surface area contributed by atoms with Crippen molar-refractivity contribution < 1.29 is 9.53 Å². The van der Waals surface area contributed by atoms with E-state index in [1.54, 1.807) is 6.20 Å². The summed E-state index contributed by atoms with van der Waals surface area (Å²) in [5, 5.41) is 10.1. The summed E-state index contributed by atoms with van der Waals surface area (Å²) in [5.74, 6) is 0.309. The standard InChI is InChI=1S/C20H29N5O2/c1-17(15-25-8-4-7-23-25)13-21-20(26)22-14-18-5-2-3-6-19(18)16-24-9-11-27-12-10-24/h2-8,17H,9-16H2,1H3,(H2,21,22,26). The van der Waals surface area contributed by atoms with Crippen molar-refractivity contribution in [2.75, 3.05) is 32.8 Å². The molecule has 2 amide bonds. The van der Waals surface area contributed by atoms with Crippen LogP contribution in [0.5, 0.6) is 0 Å². The van der Waals surface area contributed by atoms with Gasteiger partial charge >= 0.3 is 6.03 Å². The van der Waals surface area contributed by atoms with Gasteiger partial charge in [0, 0.05) is 51.7 Å². The van der Waals surface area contributed by atoms with Gasteiger partial charge in [-0.1, -0.05) is 31.2 Å². The molecule has 1 fully saturated rings. The Hall–Kier alpha value is -2.38. The zero-order chi connectivity index (χ0) is 18.9. The van der Waals surface area contributed by atoms with E-state index in [2.05, 4.69) is 45.8 Å². The van der Waals surface area contributed by atoms with E-state index in [4.69, 9.17) is 4.74 Å². The summed E-state index contributed by atoms with van der Waals surface area (Å²) in [4.78, 5) is 14.5. The second-order valence-electron chi connectivity index (χ2n) is 7.05. The van der Waals surface area contributed by atoms with Gasteiger partial charge in [-0.05, 0) is 23.1 Å². The molecule has 27 heavy (non-hydrogen) atoms. The van der Waals surface area contributed by atoms with E-state index in [0.29, 0.717) is 19.0 Å². The van der Waals surface area contributed by atoms with Gasteiger partial charge in [-0.2, -0.15) is 5.10 Å². The van der Waals surface area contributed by atoms with Crippen LogP contribution in [-0.2, 0) is 24.4 Å². The van der Waals surface area contributed by atoms with Crippen LogP contribution in [-0.4, -0.2) is 53.6 Å². The zero-order valence-electron chi connectivity index (χ0n) is 15.9. The van der Waals surface area contributed by atoms with Gasteiger partial charge in [0.25, 0.3) is 0 Å². The minimum absolute atomic E-state index is 0.136. The van der Waals surface area contributed by atoms with Crippen molar-refractivity contribution in [3.8, 4) is 0 Å². The molecule has 0 aliphatic carbocycles. The van der Waals surface area contributed by atoms with E-state index < -0.39 is 0 Å². The van der Waals surface area contributed by atoms with Crippen LogP contribution in [0.15, 0.2) is 42.7 Å². The van der Waals surface area contributed by atoms with Crippen molar-refractivity contribution in [1.29, 1.82) is 0 Å². The maximum atomic E-state index is 12.2. The molecule has 2 N–H and O–H groups in total. The minimum Gasteiger partial charge on any atom is -0.379 e. The molecule has 1 unspecified atom stereocenters. The molecule has 7 heteroatoms. The summed E-state index contributed by atoms with van der Waals surface area (Å²) in [6.07, 6.45) is 3.70. The molecule has 1 atom stereocenters. The summed E-state index contributed by atoms with van der Waals surface area (Å²) < 4.78 is 7.29. The van der Waals surface area contributed by atoms with E-state index >= 15 is 0 Å². The second-order valence-corrected chi connectivity index (χ2v) is 7.05. The predicted octanol–water partition coefficient (Wildman–Crippen LogP) is 1.85. The third kappa shape index (κ3) is 6.37. The van der Waals surface area contributed by atoms with Crippen LogP contribution in [0.3, 0.4) is 0 Å². The van der Waals surface area contributed by atoms with Crippen LogP contribution in [0, 0.1) is 5.92 Å². The van der Waals surface area contributed by atoms with Crippen LogP contribution in [0.4, 0.5) is 4.79 Å². The Kier molecular flexibility index (Phi) is 7.24. The lowest BCUT2D eigenvalue weighted by Crippen LogP contribution is -2.38. The monoisotopic (exact) mass is 371 g/mol. The van der Waals surface area contributed by atoms with Gasteiger partial charge in [-0.3, -0.25) is 9.58 Å². The highest BCUT2D eigenvalue weighted by Gasteiger charge is 2.13. The van der Waals surface area contributed by atoms with Crippen LogP contribution in [0.2, 0.25) is 0 Å². The zero-order valence-corrected chi connectivity index (χ0v) is 15.9. The molecule has 1 aromatic heterocycles. The molecule has 3 rings (SSSR count). The lowest BCUT2D eigenvalue weighted by atomic mass is 10.1. The van der Waals surface area contributed by atoms with Crippen molar-refractivity contribution in [2.45, 2.75) is 26.6 Å². The number of carbonyl (C=O) groups excluding carboxylic acids is 1. The highest BCUT2D eigenvalue weighted by atomic mass is 16.5. The maximum Gasteiger partial charge on any atom is 0.315 e. The fourth-order valence-corrected chi connectivity index (χ4v) is 3.18. The molecule has 1 aromatic carbocycles. The number of urea groups is 1. The molecular formula is C20H29N5O2. The molecule has 1 aliphatic heterocycles. The number of morpholine rings is 1. The molecule has 7 nitrogen and oxygen atoms in total. The van der Waals surface area contributed by atoms with Crippen molar-refractivity contribution >= 4 is 6.03 Å². The molecule has 0 radical (unpaired) electrons. The Morgan fingerprint density at radius 1 is 1.19 bits per heavy atom. The number of rotatable bonds is 8. The molecule has 2 heterocycles. The Morgan fingerprint density at radius 2 is 1.96 bits per heavy atom. The molecule has 1 aliphatic rings. The second kappa shape index (κ2) is 10.1. The first-order chi connectivity index (χ1) is 13.2. The first kappa shape index (κ1) is 19.4. The van der Waals surface area contributed by atoms with Gasteiger partial charge in [-0.25, -0.2) is 4.79 Å². The number of nitrogens with one attached hydrogen (secondary N) is 2. The first-order valence-corrected chi connectivity index (χ1v) is 9.56. The average Bonchev–Trinajstić information content (AvgIpc) is 3.19. The van der Waals surface area contributed by atoms with Crippen LogP contribution >= 0.6 is 0 Å². The number of ether oxygens (including phenoxy) is 1. The molecule has 1 saturated heterocycles. The highest BCUT2D eigenvalue weighted by Crippen LogP contribution is 2.13. The van der Waals surface area contributed by atoms with Crippen LogP contribution in [0.25, 0.3) is 0 Å². The average molecular weight is 371 g/mol. The number of nitrogens with zero attached hydrogens (tertiary/aromatic N) is 3. The third-order valence-electron chi connectivity index (χ3n) is 4.72. The van der Waals surface area contributed by atoms with Gasteiger partial charge in [0.1, 0.15) is 0 Å². The Bertz CT molecular complexity index is 698. The fraction of sp³-hybridized carbons (Fsp3) is 0.500. The largest absolute Gasteiger partial charge is 0.379 e. The van der Waals surface area contributed by atoms with Gasteiger partial charge in [-0.15, -0.1) is 0 Å². The molecule has 2 aromatic rings. The molecule has 146 valence electrons. The number of carbonyl (C=O) groups is 1. The van der Waals surface area contributed by atoms with Crippen molar-refractivity contribution in [3.05, 3.63) is 53.9 Å². The van der Waals surface area contributed by atoms with Crippen LogP contribution < -0.4 is 10.6 Å². The lowest BCUT2D eigenvalue weighted by Gasteiger charge is -2.27. The molecule has 0 bridgehead atoms. The summed E-state index contributed by atoms with van der Waals surface area (Å²) in [6.45, 7) is 8.41. The van der Waals surface area contributed by atoms with E-state index in [-0.39, 0.29) is 6.03 Å². The van der Waals surface area contributed by atoms with Gasteiger partial charge in [0.05, 0.1) is 13.2 Å². The quantitative estimate of drug-likeness (QED) is 0.743. The number of amides is 2. The van der Waals surface area contributed by atoms with E-state index in [1.807, 2.05) is 23.0 Å². The molecular weight excluding hydrogens is 342 g/mol. The lowest BCUT2D eigenvalue weighted by molar-refractivity contribution is 0.0341. The molecule has 0 saturated carbocycles. The smallest absolute Gasteiger partial charge is 0.315 e. The summed E-state index contributed by atoms with van der Waals surface area (Å²) >= 11 is 0. The van der Waals surface area contributed by atoms with Crippen molar-refractivity contribution in [1.82, 2.24) is 25.3 Å². The Morgan fingerprint density at radius 3 is 2.70 bits per heavy atom. The number of aromatic nitrogens is 2. The highest BCUT2D eigenvalue weighted by molar-refractivity contribution is 5.73. The Labute approximate surface area is 160 Å². The summed E-state index contributed by atoms with van der Waals surface area (Å²) in [6, 6.07) is 10.1. The van der Waals surface area contributed by atoms with Crippen molar-refractivity contribution in [3.63, 3.8) is 0 Å². The van der Waals surface area contributed by atoms with Crippen LogP contribution in [0.1, 0.15) is 18.1 Å².